The van der Waals surface area contributed by atoms with Crippen molar-refractivity contribution in [1.82, 2.24) is 4.90 Å². The highest BCUT2D eigenvalue weighted by Crippen LogP contribution is 2.38. The summed E-state index contributed by atoms with van der Waals surface area (Å²) in [7, 11) is 3.27. The second-order valence-corrected chi connectivity index (χ2v) is 9.61. The molecule has 4 rings (SSSR count). The number of ether oxygens (including phenoxy) is 4. The summed E-state index contributed by atoms with van der Waals surface area (Å²) in [6.07, 6.45) is 0.801. The lowest BCUT2D eigenvalue weighted by molar-refractivity contribution is 0.0526. The van der Waals surface area contributed by atoms with E-state index < -0.39 is 0 Å². The maximum atomic E-state index is 12.0. The van der Waals surface area contributed by atoms with E-state index in [1.54, 1.807) is 45.4 Å². The fraction of sp³-hybridized carbons (Fsp3) is 0.333. The molecule has 0 bridgehead atoms. The molecule has 1 heterocycles. The van der Waals surface area contributed by atoms with Gasteiger partial charge in [0.25, 0.3) is 0 Å². The van der Waals surface area contributed by atoms with Crippen LogP contribution in [0.25, 0.3) is 0 Å². The number of hydrogen-bond donors (Lipinski definition) is 1. The second-order valence-electron chi connectivity index (χ2n) is 9.23. The number of hydrogen-bond acceptors (Lipinski definition) is 6. The normalized spacial score (nSPS) is 14.3. The number of aryl methyl sites for hydroxylation is 2. The Balaban J connectivity index is 1.61. The lowest BCUT2D eigenvalue weighted by atomic mass is 9.92. The quantitative estimate of drug-likeness (QED) is 0.284. The third kappa shape index (κ3) is 6.19. The molecular formula is C30H34N2O5S. The number of fused-ring (bicyclic) bond motifs is 1. The van der Waals surface area contributed by atoms with Crippen molar-refractivity contribution in [3.05, 3.63) is 82.4 Å². The molecule has 0 saturated carbocycles. The number of esters is 1. The van der Waals surface area contributed by atoms with Crippen LogP contribution in [-0.2, 0) is 11.2 Å². The van der Waals surface area contributed by atoms with E-state index >= 15 is 0 Å². The van der Waals surface area contributed by atoms with Gasteiger partial charge in [-0.2, -0.15) is 0 Å². The van der Waals surface area contributed by atoms with Crippen LogP contribution < -0.4 is 19.5 Å². The van der Waals surface area contributed by atoms with Crippen molar-refractivity contribution in [1.29, 1.82) is 0 Å². The van der Waals surface area contributed by atoms with Crippen LogP contribution in [0.3, 0.4) is 0 Å². The Kier molecular flexibility index (Phi) is 8.73. The van der Waals surface area contributed by atoms with Crippen molar-refractivity contribution in [2.24, 2.45) is 0 Å². The number of methoxy groups -OCH3 is 2. The molecule has 1 atom stereocenters. The number of benzene rings is 3. The molecule has 3 aromatic carbocycles. The fourth-order valence-electron chi connectivity index (χ4n) is 4.77. The molecular weight excluding hydrogens is 500 g/mol. The maximum absolute atomic E-state index is 12.0. The van der Waals surface area contributed by atoms with Crippen molar-refractivity contribution in [3.8, 4) is 17.2 Å². The van der Waals surface area contributed by atoms with E-state index in [2.05, 4.69) is 42.3 Å². The molecule has 7 nitrogen and oxygen atoms in total. The first-order valence-corrected chi connectivity index (χ1v) is 13.0. The van der Waals surface area contributed by atoms with Crippen LogP contribution in [0.4, 0.5) is 5.69 Å². The molecule has 1 N–H and O–H groups in total. The number of rotatable bonds is 8. The molecule has 0 amide bonds. The van der Waals surface area contributed by atoms with Crippen molar-refractivity contribution < 1.29 is 23.7 Å². The van der Waals surface area contributed by atoms with Crippen molar-refractivity contribution in [2.75, 3.05) is 39.3 Å². The third-order valence-corrected chi connectivity index (χ3v) is 6.85. The molecule has 3 aromatic rings. The summed E-state index contributed by atoms with van der Waals surface area (Å²) in [6.45, 7) is 7.32. The number of carbonyl (C=O) groups excluding carboxylic acids is 1. The van der Waals surface area contributed by atoms with Crippen LogP contribution in [0.15, 0.2) is 54.6 Å². The first-order valence-electron chi connectivity index (χ1n) is 12.6. The maximum Gasteiger partial charge on any atom is 0.338 e. The Hall–Kier alpha value is -3.78. The van der Waals surface area contributed by atoms with Crippen molar-refractivity contribution >= 4 is 29.0 Å². The van der Waals surface area contributed by atoms with Gasteiger partial charge < -0.3 is 29.2 Å². The minimum atomic E-state index is -0.352. The Bertz CT molecular complexity index is 1290. The monoisotopic (exact) mass is 534 g/mol. The number of nitrogens with one attached hydrogen (secondary N) is 1. The highest BCUT2D eigenvalue weighted by molar-refractivity contribution is 7.80. The van der Waals surface area contributed by atoms with Crippen LogP contribution in [0, 0.1) is 13.8 Å². The topological polar surface area (TPSA) is 69.3 Å². The van der Waals surface area contributed by atoms with Gasteiger partial charge in [0.2, 0.25) is 0 Å². The first kappa shape index (κ1) is 27.3. The van der Waals surface area contributed by atoms with Gasteiger partial charge in [0.15, 0.2) is 16.6 Å². The average molecular weight is 535 g/mol. The van der Waals surface area contributed by atoms with Crippen LogP contribution in [0.2, 0.25) is 0 Å². The first-order chi connectivity index (χ1) is 18.3. The average Bonchev–Trinajstić information content (AvgIpc) is 2.90. The summed E-state index contributed by atoms with van der Waals surface area (Å²) < 4.78 is 22.5. The standard InChI is InChI=1S/C30H34N2O5S/c1-6-36-29(33)21-7-9-24(10-8-21)37-18-26-25-17-28(35-5)27(34-4)16-22(25)11-12-32(26)30(38)31-23-14-19(2)13-20(3)15-23/h7-10,13-17,26H,6,11-12,18H2,1-5H3,(H,31,38)/t26-/m1/s1. The number of anilines is 1. The summed E-state index contributed by atoms with van der Waals surface area (Å²) >= 11 is 5.91. The summed E-state index contributed by atoms with van der Waals surface area (Å²) in [4.78, 5) is 14.2. The molecule has 0 aliphatic carbocycles. The Morgan fingerprint density at radius 3 is 2.29 bits per heavy atom. The van der Waals surface area contributed by atoms with E-state index in [9.17, 15) is 4.79 Å². The molecule has 0 unspecified atom stereocenters. The van der Waals surface area contributed by atoms with Crippen LogP contribution in [0.5, 0.6) is 17.2 Å². The number of carbonyl (C=O) groups is 1. The predicted molar refractivity (Wildman–Crippen MR) is 153 cm³/mol. The minimum absolute atomic E-state index is 0.172. The SMILES string of the molecule is CCOC(=O)c1ccc(OC[C@@H]2c3cc(OC)c(OC)cc3CCN2C(=S)Nc2cc(C)cc(C)c2)cc1. The van der Waals surface area contributed by atoms with Crippen LogP contribution in [-0.4, -0.2) is 50.0 Å². The van der Waals surface area contributed by atoms with E-state index in [4.69, 9.17) is 31.2 Å². The molecule has 0 saturated heterocycles. The van der Waals surface area contributed by atoms with E-state index in [1.165, 1.54) is 16.7 Å². The van der Waals surface area contributed by atoms with E-state index in [1.807, 2.05) is 12.1 Å². The van der Waals surface area contributed by atoms with Gasteiger partial charge in [0.05, 0.1) is 32.4 Å². The molecule has 200 valence electrons. The van der Waals surface area contributed by atoms with E-state index in [-0.39, 0.29) is 12.0 Å². The predicted octanol–water partition coefficient (Wildman–Crippen LogP) is 5.87. The third-order valence-electron chi connectivity index (χ3n) is 6.51. The Morgan fingerprint density at radius 2 is 1.66 bits per heavy atom. The zero-order chi connectivity index (χ0) is 27.2. The van der Waals surface area contributed by atoms with Crippen LogP contribution in [0.1, 0.15) is 45.6 Å². The molecule has 0 radical (unpaired) electrons. The van der Waals surface area contributed by atoms with Gasteiger partial charge in [-0.1, -0.05) is 6.07 Å². The second kappa shape index (κ2) is 12.2. The van der Waals surface area contributed by atoms with Crippen molar-refractivity contribution in [3.63, 3.8) is 0 Å². The van der Waals surface area contributed by atoms with Crippen molar-refractivity contribution in [2.45, 2.75) is 33.2 Å². The summed E-state index contributed by atoms with van der Waals surface area (Å²) in [5.74, 6) is 1.66. The van der Waals surface area contributed by atoms with E-state index in [0.717, 1.165) is 24.2 Å². The summed E-state index contributed by atoms with van der Waals surface area (Å²) in [5.41, 5.74) is 6.02. The van der Waals surface area contributed by atoms with Gasteiger partial charge in [-0.15, -0.1) is 0 Å². The smallest absolute Gasteiger partial charge is 0.338 e. The molecule has 1 aliphatic rings. The highest BCUT2D eigenvalue weighted by Gasteiger charge is 2.31. The van der Waals surface area contributed by atoms with Gasteiger partial charge in [-0.05, 0) is 110 Å². The molecule has 0 fully saturated rings. The van der Waals surface area contributed by atoms with Gasteiger partial charge in [0.1, 0.15) is 12.4 Å². The van der Waals surface area contributed by atoms with E-state index in [0.29, 0.717) is 41.1 Å². The highest BCUT2D eigenvalue weighted by atomic mass is 32.1. The zero-order valence-electron chi connectivity index (χ0n) is 22.5. The fourth-order valence-corrected chi connectivity index (χ4v) is 5.11. The summed E-state index contributed by atoms with van der Waals surface area (Å²) in [5, 5.41) is 4.06. The molecule has 0 spiro atoms. The Morgan fingerprint density at radius 1 is 1.00 bits per heavy atom. The zero-order valence-corrected chi connectivity index (χ0v) is 23.3. The number of nitrogens with zero attached hydrogens (tertiary/aromatic N) is 1. The largest absolute Gasteiger partial charge is 0.493 e. The molecule has 8 heteroatoms. The summed E-state index contributed by atoms with van der Waals surface area (Å²) in [6, 6.07) is 17.2. The lowest BCUT2D eigenvalue weighted by Crippen LogP contribution is -2.44. The number of thiocarbonyl (C=S) groups is 1. The van der Waals surface area contributed by atoms with Gasteiger partial charge in [-0.3, -0.25) is 0 Å². The minimum Gasteiger partial charge on any atom is -0.493 e. The molecule has 38 heavy (non-hydrogen) atoms. The lowest BCUT2D eigenvalue weighted by Gasteiger charge is -2.39. The van der Waals surface area contributed by atoms with Gasteiger partial charge in [0, 0.05) is 12.2 Å². The molecule has 1 aliphatic heterocycles. The van der Waals surface area contributed by atoms with Gasteiger partial charge >= 0.3 is 5.97 Å². The van der Waals surface area contributed by atoms with Gasteiger partial charge in [-0.25, -0.2) is 4.79 Å². The molecule has 0 aromatic heterocycles. The Labute approximate surface area is 229 Å². The van der Waals surface area contributed by atoms with Crippen LogP contribution >= 0.6 is 12.2 Å².